The highest BCUT2D eigenvalue weighted by Gasteiger charge is 2.20. The molecule has 1 aromatic heterocycles. The molecule has 74 valence electrons. The molecule has 1 nitrogen and oxygen atoms in total. The maximum atomic E-state index is 2.48. The Bertz CT molecular complexity index is 353. The monoisotopic (exact) mass is 187 g/mol. The molecule has 1 aliphatic heterocycles. The van der Waals surface area contributed by atoms with E-state index in [9.17, 15) is 0 Å². The normalized spacial score (nSPS) is 21.4. The van der Waals surface area contributed by atoms with Crippen LogP contribution in [0.15, 0.2) is 18.2 Å². The van der Waals surface area contributed by atoms with Crippen LogP contribution >= 0.6 is 0 Å². The van der Waals surface area contributed by atoms with E-state index in [1.54, 1.807) is 5.69 Å². The van der Waals surface area contributed by atoms with E-state index in [0.29, 0.717) is 0 Å². The lowest BCUT2D eigenvalue weighted by atomic mass is 9.87. The van der Waals surface area contributed by atoms with Crippen LogP contribution in [0.25, 0.3) is 6.08 Å². The minimum Gasteiger partial charge on any atom is -0.341 e. The summed E-state index contributed by atoms with van der Waals surface area (Å²) in [5, 5.41) is 0. The average molecular weight is 187 g/mol. The Hall–Kier alpha value is -0.980. The van der Waals surface area contributed by atoms with Crippen LogP contribution < -0.4 is 0 Å². The van der Waals surface area contributed by atoms with Gasteiger partial charge in [-0.15, -0.1) is 0 Å². The average Bonchev–Trinajstić information content (AvgIpc) is 2.79. The van der Waals surface area contributed by atoms with Crippen molar-refractivity contribution >= 4 is 6.08 Å². The van der Waals surface area contributed by atoms with E-state index in [2.05, 4.69) is 28.9 Å². The summed E-state index contributed by atoms with van der Waals surface area (Å²) in [5.41, 5.74) is 3.00. The number of hydrogen-bond acceptors (Lipinski definition) is 0. The van der Waals surface area contributed by atoms with E-state index in [0.717, 1.165) is 12.5 Å². The molecule has 1 saturated carbocycles. The third-order valence-electron chi connectivity index (χ3n) is 3.65. The number of nitrogens with zero attached hydrogens (tertiary/aromatic N) is 1. The highest BCUT2D eigenvalue weighted by Crippen LogP contribution is 2.34. The van der Waals surface area contributed by atoms with Gasteiger partial charge in [-0.05, 0) is 37.0 Å². The van der Waals surface area contributed by atoms with Crippen molar-refractivity contribution in [2.75, 3.05) is 0 Å². The van der Waals surface area contributed by atoms with Gasteiger partial charge in [-0.25, -0.2) is 0 Å². The molecule has 0 unspecified atom stereocenters. The minimum atomic E-state index is 0.845. The lowest BCUT2D eigenvalue weighted by molar-refractivity contribution is 0.427. The summed E-state index contributed by atoms with van der Waals surface area (Å²) in [6.45, 7) is 1.11. The zero-order valence-electron chi connectivity index (χ0n) is 8.58. The summed E-state index contributed by atoms with van der Waals surface area (Å²) < 4.78 is 2.48. The van der Waals surface area contributed by atoms with Crippen molar-refractivity contribution in [3.8, 4) is 0 Å². The van der Waals surface area contributed by atoms with Crippen LogP contribution in [0.2, 0.25) is 0 Å². The molecule has 2 heterocycles. The van der Waals surface area contributed by atoms with Gasteiger partial charge in [0, 0.05) is 17.9 Å². The van der Waals surface area contributed by atoms with E-state index in [1.807, 2.05) is 0 Å². The molecule has 1 aromatic rings. The summed E-state index contributed by atoms with van der Waals surface area (Å²) in [4.78, 5) is 0. The molecule has 1 aliphatic carbocycles. The lowest BCUT2D eigenvalue weighted by Gasteiger charge is -2.22. The molecule has 1 heteroatoms. The Morgan fingerprint density at radius 1 is 1.07 bits per heavy atom. The first-order chi connectivity index (χ1) is 6.95. The van der Waals surface area contributed by atoms with E-state index < -0.39 is 0 Å². The van der Waals surface area contributed by atoms with E-state index in [4.69, 9.17) is 0 Å². The molecule has 0 atom stereocenters. The van der Waals surface area contributed by atoms with Crippen LogP contribution in [0.3, 0.4) is 0 Å². The molecule has 14 heavy (non-hydrogen) atoms. The van der Waals surface area contributed by atoms with Crippen molar-refractivity contribution in [2.24, 2.45) is 0 Å². The van der Waals surface area contributed by atoms with Crippen LogP contribution in [0, 0.1) is 0 Å². The first-order valence-corrected chi connectivity index (χ1v) is 5.81. The maximum Gasteiger partial charge on any atom is 0.0412 e. The highest BCUT2D eigenvalue weighted by atomic mass is 15.0. The first-order valence-electron chi connectivity index (χ1n) is 5.81. The predicted octanol–water partition coefficient (Wildman–Crippen LogP) is 3.56. The van der Waals surface area contributed by atoms with Crippen molar-refractivity contribution in [1.82, 2.24) is 4.57 Å². The van der Waals surface area contributed by atoms with E-state index in [-0.39, 0.29) is 0 Å². The Labute approximate surface area is 85.4 Å². The second-order valence-electron chi connectivity index (χ2n) is 4.53. The zero-order valence-corrected chi connectivity index (χ0v) is 8.58. The SMILES string of the molecule is C1=Cc2ccc(C3CCCCC3)n2C1. The quantitative estimate of drug-likeness (QED) is 0.633. The third-order valence-corrected chi connectivity index (χ3v) is 3.65. The Morgan fingerprint density at radius 2 is 1.93 bits per heavy atom. The van der Waals surface area contributed by atoms with Gasteiger partial charge in [0.25, 0.3) is 0 Å². The van der Waals surface area contributed by atoms with Crippen LogP contribution in [0.5, 0.6) is 0 Å². The first kappa shape index (κ1) is 8.34. The molecule has 0 spiro atoms. The molecule has 0 saturated heterocycles. The largest absolute Gasteiger partial charge is 0.341 e. The minimum absolute atomic E-state index is 0.845. The summed E-state index contributed by atoms with van der Waals surface area (Å²) >= 11 is 0. The van der Waals surface area contributed by atoms with Crippen molar-refractivity contribution < 1.29 is 0 Å². The van der Waals surface area contributed by atoms with Gasteiger partial charge < -0.3 is 4.57 Å². The standard InChI is InChI=1S/C13H17N/c1-2-5-11(6-3-1)13-9-8-12-7-4-10-14(12)13/h4,7-9,11H,1-3,5-6,10H2. The van der Waals surface area contributed by atoms with Gasteiger partial charge in [-0.2, -0.15) is 0 Å². The van der Waals surface area contributed by atoms with E-state index in [1.165, 1.54) is 37.8 Å². The summed E-state index contributed by atoms with van der Waals surface area (Å²) in [7, 11) is 0. The Morgan fingerprint density at radius 3 is 2.79 bits per heavy atom. The molecule has 0 N–H and O–H groups in total. The van der Waals surface area contributed by atoms with Crippen LogP contribution in [0.4, 0.5) is 0 Å². The Kier molecular flexibility index (Phi) is 1.97. The van der Waals surface area contributed by atoms with Gasteiger partial charge >= 0.3 is 0 Å². The highest BCUT2D eigenvalue weighted by molar-refractivity contribution is 5.51. The summed E-state index contributed by atoms with van der Waals surface area (Å²) in [6.07, 6.45) is 11.6. The molecule has 0 radical (unpaired) electrons. The fourth-order valence-corrected chi connectivity index (χ4v) is 2.89. The Balaban J connectivity index is 1.89. The molecule has 3 rings (SSSR count). The van der Waals surface area contributed by atoms with Gasteiger partial charge in [0.1, 0.15) is 0 Å². The lowest BCUT2D eigenvalue weighted by Crippen LogP contribution is -2.10. The third kappa shape index (κ3) is 1.23. The number of fused-ring (bicyclic) bond motifs is 1. The van der Waals surface area contributed by atoms with Crippen molar-refractivity contribution in [3.05, 3.63) is 29.6 Å². The van der Waals surface area contributed by atoms with Crippen LogP contribution in [0.1, 0.15) is 49.4 Å². The molecule has 2 aliphatic rings. The number of hydrogen-bond donors (Lipinski definition) is 0. The summed E-state index contributed by atoms with van der Waals surface area (Å²) in [6, 6.07) is 4.61. The molecular formula is C13H17N. The van der Waals surface area contributed by atoms with Crippen LogP contribution in [-0.2, 0) is 6.54 Å². The van der Waals surface area contributed by atoms with Gasteiger partial charge in [0.15, 0.2) is 0 Å². The van der Waals surface area contributed by atoms with Gasteiger partial charge in [-0.1, -0.05) is 25.3 Å². The predicted molar refractivity (Wildman–Crippen MR) is 59.3 cm³/mol. The van der Waals surface area contributed by atoms with Crippen molar-refractivity contribution in [1.29, 1.82) is 0 Å². The second-order valence-corrected chi connectivity index (χ2v) is 4.53. The van der Waals surface area contributed by atoms with Crippen LogP contribution in [-0.4, -0.2) is 4.57 Å². The molecule has 0 amide bonds. The molecule has 0 aromatic carbocycles. The molecular weight excluding hydrogens is 170 g/mol. The number of aromatic nitrogens is 1. The van der Waals surface area contributed by atoms with E-state index >= 15 is 0 Å². The smallest absolute Gasteiger partial charge is 0.0412 e. The fourth-order valence-electron chi connectivity index (χ4n) is 2.89. The topological polar surface area (TPSA) is 4.93 Å². The van der Waals surface area contributed by atoms with Gasteiger partial charge in [0.2, 0.25) is 0 Å². The maximum absolute atomic E-state index is 2.48. The number of rotatable bonds is 1. The fraction of sp³-hybridized carbons (Fsp3) is 0.538. The zero-order chi connectivity index (χ0) is 9.38. The molecule has 1 fully saturated rings. The number of allylic oxidation sites excluding steroid dienone is 1. The second kappa shape index (κ2) is 3.30. The van der Waals surface area contributed by atoms with Gasteiger partial charge in [0.05, 0.1) is 0 Å². The van der Waals surface area contributed by atoms with Crippen molar-refractivity contribution in [2.45, 2.75) is 44.6 Å². The summed E-state index contributed by atoms with van der Waals surface area (Å²) in [5.74, 6) is 0.845. The van der Waals surface area contributed by atoms with Crippen molar-refractivity contribution in [3.63, 3.8) is 0 Å². The van der Waals surface area contributed by atoms with Gasteiger partial charge in [-0.3, -0.25) is 0 Å². The molecule has 0 bridgehead atoms.